The molecule has 0 amide bonds. The fourth-order valence-corrected chi connectivity index (χ4v) is 2.44. The first-order valence-electron chi connectivity index (χ1n) is 5.90. The summed E-state index contributed by atoms with van der Waals surface area (Å²) in [5.74, 6) is -0.385. The summed E-state index contributed by atoms with van der Waals surface area (Å²) in [5.41, 5.74) is 2.26. The van der Waals surface area contributed by atoms with Crippen molar-refractivity contribution >= 4 is 15.8 Å². The normalized spacial score (nSPS) is 11.1. The Morgan fingerprint density at radius 3 is 1.75 bits per heavy atom. The number of hydrogen-bond donors (Lipinski definition) is 0. The standard InChI is InChI=1S/C15H14O4S/c1-19-15(16)13-5-3-11(4-6-13)12-7-9-14(10-8-12)20(2,17)18/h3-10H,1-2H3. The van der Waals surface area contributed by atoms with E-state index in [1.54, 1.807) is 48.5 Å². The molecule has 0 spiro atoms. The van der Waals surface area contributed by atoms with Crippen LogP contribution >= 0.6 is 0 Å². The molecule has 0 heterocycles. The van der Waals surface area contributed by atoms with E-state index in [4.69, 9.17) is 0 Å². The lowest BCUT2D eigenvalue weighted by atomic mass is 10.0. The second kappa shape index (κ2) is 5.46. The zero-order valence-corrected chi connectivity index (χ0v) is 12.0. The number of carbonyl (C=O) groups excluding carboxylic acids is 1. The van der Waals surface area contributed by atoms with Gasteiger partial charge in [0.25, 0.3) is 0 Å². The predicted molar refractivity (Wildman–Crippen MR) is 76.3 cm³/mol. The number of rotatable bonds is 3. The molecule has 0 atom stereocenters. The molecule has 0 aliphatic rings. The van der Waals surface area contributed by atoms with E-state index in [0.717, 1.165) is 11.1 Å². The van der Waals surface area contributed by atoms with Crippen LogP contribution < -0.4 is 0 Å². The van der Waals surface area contributed by atoms with Crippen LogP contribution in [0.25, 0.3) is 11.1 Å². The van der Waals surface area contributed by atoms with Crippen LogP contribution in [-0.2, 0) is 14.6 Å². The Labute approximate surface area is 117 Å². The highest BCUT2D eigenvalue weighted by molar-refractivity contribution is 7.90. The minimum Gasteiger partial charge on any atom is -0.465 e. The molecule has 4 nitrogen and oxygen atoms in total. The maximum atomic E-state index is 11.4. The summed E-state index contributed by atoms with van der Waals surface area (Å²) in [4.78, 5) is 11.6. The summed E-state index contributed by atoms with van der Waals surface area (Å²) in [7, 11) is -1.85. The molecule has 20 heavy (non-hydrogen) atoms. The third-order valence-electron chi connectivity index (χ3n) is 2.92. The molecular weight excluding hydrogens is 276 g/mol. The molecule has 0 aliphatic heterocycles. The topological polar surface area (TPSA) is 60.4 Å². The summed E-state index contributed by atoms with van der Waals surface area (Å²) in [5, 5.41) is 0. The van der Waals surface area contributed by atoms with Gasteiger partial charge in [0.1, 0.15) is 0 Å². The molecule has 0 radical (unpaired) electrons. The second-order valence-corrected chi connectivity index (χ2v) is 6.38. The van der Waals surface area contributed by atoms with Gasteiger partial charge in [0, 0.05) is 6.26 Å². The van der Waals surface area contributed by atoms with Crippen molar-refractivity contribution in [3.05, 3.63) is 54.1 Å². The molecule has 0 bridgehead atoms. The van der Waals surface area contributed by atoms with Crippen LogP contribution in [0.4, 0.5) is 0 Å². The van der Waals surface area contributed by atoms with Crippen LogP contribution in [0.2, 0.25) is 0 Å². The Hall–Kier alpha value is -2.14. The average Bonchev–Trinajstić information content (AvgIpc) is 2.46. The Balaban J connectivity index is 2.31. The lowest BCUT2D eigenvalue weighted by Gasteiger charge is -2.05. The molecule has 0 saturated heterocycles. The van der Waals surface area contributed by atoms with E-state index in [1.165, 1.54) is 13.4 Å². The van der Waals surface area contributed by atoms with Crippen molar-refractivity contribution in [1.29, 1.82) is 0 Å². The Morgan fingerprint density at radius 2 is 1.35 bits per heavy atom. The fourth-order valence-electron chi connectivity index (χ4n) is 1.81. The van der Waals surface area contributed by atoms with Gasteiger partial charge >= 0.3 is 5.97 Å². The van der Waals surface area contributed by atoms with Crippen LogP contribution in [0.15, 0.2) is 53.4 Å². The zero-order valence-electron chi connectivity index (χ0n) is 11.2. The van der Waals surface area contributed by atoms with Gasteiger partial charge in [-0.2, -0.15) is 0 Å². The number of ether oxygens (including phenoxy) is 1. The van der Waals surface area contributed by atoms with Gasteiger partial charge in [0.15, 0.2) is 9.84 Å². The third kappa shape index (κ3) is 3.05. The van der Waals surface area contributed by atoms with Crippen molar-refractivity contribution in [3.8, 4) is 11.1 Å². The molecule has 2 rings (SSSR count). The Kier molecular flexibility index (Phi) is 3.90. The summed E-state index contributed by atoms with van der Waals surface area (Å²) in [6.07, 6.45) is 1.17. The third-order valence-corrected chi connectivity index (χ3v) is 4.05. The van der Waals surface area contributed by atoms with Gasteiger partial charge < -0.3 is 4.74 Å². The van der Waals surface area contributed by atoms with E-state index in [0.29, 0.717) is 5.56 Å². The maximum absolute atomic E-state index is 11.4. The lowest BCUT2D eigenvalue weighted by molar-refractivity contribution is 0.0601. The van der Waals surface area contributed by atoms with Crippen molar-refractivity contribution in [2.24, 2.45) is 0 Å². The zero-order chi connectivity index (χ0) is 14.8. The summed E-state index contributed by atoms with van der Waals surface area (Å²) < 4.78 is 27.4. The first-order valence-corrected chi connectivity index (χ1v) is 7.80. The summed E-state index contributed by atoms with van der Waals surface area (Å²) >= 11 is 0. The molecule has 2 aromatic carbocycles. The van der Waals surface area contributed by atoms with Crippen molar-refractivity contribution in [2.75, 3.05) is 13.4 Å². The molecule has 0 aromatic heterocycles. The lowest BCUT2D eigenvalue weighted by Crippen LogP contribution is -2.00. The number of carbonyl (C=O) groups is 1. The van der Waals surface area contributed by atoms with E-state index in [2.05, 4.69) is 4.74 Å². The maximum Gasteiger partial charge on any atom is 0.337 e. The minimum atomic E-state index is -3.18. The van der Waals surface area contributed by atoms with E-state index in [1.807, 2.05) is 0 Å². The van der Waals surface area contributed by atoms with Crippen molar-refractivity contribution < 1.29 is 17.9 Å². The van der Waals surface area contributed by atoms with Gasteiger partial charge in [-0.1, -0.05) is 24.3 Å². The first kappa shape index (κ1) is 14.3. The van der Waals surface area contributed by atoms with Gasteiger partial charge in [0.05, 0.1) is 17.6 Å². The molecule has 2 aromatic rings. The number of hydrogen-bond acceptors (Lipinski definition) is 4. The number of sulfone groups is 1. The summed E-state index contributed by atoms with van der Waals surface area (Å²) in [6, 6.07) is 13.5. The summed E-state index contributed by atoms with van der Waals surface area (Å²) in [6.45, 7) is 0. The molecule has 0 N–H and O–H groups in total. The Bertz CT molecular complexity index is 713. The molecule has 0 fully saturated rings. The van der Waals surface area contributed by atoms with Gasteiger partial charge in [-0.25, -0.2) is 13.2 Å². The highest BCUT2D eigenvalue weighted by Crippen LogP contribution is 2.22. The highest BCUT2D eigenvalue weighted by Gasteiger charge is 2.08. The van der Waals surface area contributed by atoms with E-state index in [9.17, 15) is 13.2 Å². The monoisotopic (exact) mass is 290 g/mol. The van der Waals surface area contributed by atoms with Crippen molar-refractivity contribution in [3.63, 3.8) is 0 Å². The van der Waals surface area contributed by atoms with Gasteiger partial charge in [0.2, 0.25) is 0 Å². The Morgan fingerprint density at radius 1 is 0.900 bits per heavy atom. The highest BCUT2D eigenvalue weighted by atomic mass is 32.2. The SMILES string of the molecule is COC(=O)c1ccc(-c2ccc(S(C)(=O)=O)cc2)cc1. The molecule has 0 saturated carbocycles. The number of benzene rings is 2. The number of esters is 1. The van der Waals surface area contributed by atoms with Crippen LogP contribution in [0.1, 0.15) is 10.4 Å². The molecule has 0 unspecified atom stereocenters. The molecule has 104 valence electrons. The van der Waals surface area contributed by atoms with E-state index >= 15 is 0 Å². The largest absolute Gasteiger partial charge is 0.465 e. The second-order valence-electron chi connectivity index (χ2n) is 4.37. The van der Waals surface area contributed by atoms with Gasteiger partial charge in [-0.3, -0.25) is 0 Å². The van der Waals surface area contributed by atoms with Gasteiger partial charge in [-0.15, -0.1) is 0 Å². The quantitative estimate of drug-likeness (QED) is 0.815. The predicted octanol–water partition coefficient (Wildman–Crippen LogP) is 2.54. The first-order chi connectivity index (χ1) is 9.41. The smallest absolute Gasteiger partial charge is 0.337 e. The molecule has 5 heteroatoms. The van der Waals surface area contributed by atoms with Crippen LogP contribution in [0.3, 0.4) is 0 Å². The number of methoxy groups -OCH3 is 1. The van der Waals surface area contributed by atoms with E-state index < -0.39 is 9.84 Å². The van der Waals surface area contributed by atoms with E-state index in [-0.39, 0.29) is 10.9 Å². The fraction of sp³-hybridized carbons (Fsp3) is 0.133. The van der Waals surface area contributed by atoms with Gasteiger partial charge in [-0.05, 0) is 35.4 Å². The molecular formula is C15H14O4S. The molecule has 0 aliphatic carbocycles. The average molecular weight is 290 g/mol. The van der Waals surface area contributed by atoms with Crippen molar-refractivity contribution in [2.45, 2.75) is 4.90 Å². The van der Waals surface area contributed by atoms with Crippen molar-refractivity contribution in [1.82, 2.24) is 0 Å². The van der Waals surface area contributed by atoms with Crippen LogP contribution in [0, 0.1) is 0 Å². The minimum absolute atomic E-state index is 0.285. The van der Waals surface area contributed by atoms with Crippen LogP contribution in [-0.4, -0.2) is 27.8 Å². The van der Waals surface area contributed by atoms with Crippen LogP contribution in [0.5, 0.6) is 0 Å².